The van der Waals surface area contributed by atoms with Crippen LogP contribution >= 0.6 is 0 Å². The second-order valence-electron chi connectivity index (χ2n) is 8.61. The molecule has 0 aromatic heterocycles. The van der Waals surface area contributed by atoms with Crippen LogP contribution in [-0.4, -0.2) is 0 Å². The lowest BCUT2D eigenvalue weighted by molar-refractivity contribution is 0.506. The zero-order valence-corrected chi connectivity index (χ0v) is 19.7. The van der Waals surface area contributed by atoms with Crippen molar-refractivity contribution in [3.8, 4) is 0 Å². The highest BCUT2D eigenvalue weighted by molar-refractivity contribution is 5.24. The van der Waals surface area contributed by atoms with Gasteiger partial charge in [-0.15, -0.1) is 0 Å². The van der Waals surface area contributed by atoms with Gasteiger partial charge in [-0.05, 0) is 65.6 Å². The summed E-state index contributed by atoms with van der Waals surface area (Å²) in [6.07, 6.45) is 0. The van der Waals surface area contributed by atoms with E-state index < -0.39 is 11.6 Å². The summed E-state index contributed by atoms with van der Waals surface area (Å²) in [7, 11) is 0. The molecular weight excluding hydrogens is 393 g/mol. The van der Waals surface area contributed by atoms with Crippen molar-refractivity contribution < 1.29 is 13.2 Å². The van der Waals surface area contributed by atoms with Crippen molar-refractivity contribution in [2.45, 2.75) is 66.2 Å². The van der Waals surface area contributed by atoms with Crippen molar-refractivity contribution in [3.05, 3.63) is 106 Å². The molecule has 3 heteroatoms. The number of hydrogen-bond acceptors (Lipinski definition) is 0. The summed E-state index contributed by atoms with van der Waals surface area (Å²) < 4.78 is 37.5. The molecule has 0 saturated heterocycles. The molecule has 3 rings (SSSR count). The van der Waals surface area contributed by atoms with Gasteiger partial charge in [-0.2, -0.15) is 0 Å². The van der Waals surface area contributed by atoms with E-state index in [2.05, 4.69) is 58.9 Å². The molecule has 0 N–H and O–H groups in total. The maximum absolute atomic E-state index is 12.6. The van der Waals surface area contributed by atoms with E-state index >= 15 is 0 Å². The van der Waals surface area contributed by atoms with Crippen LogP contribution in [0, 0.1) is 24.4 Å². The van der Waals surface area contributed by atoms with E-state index in [1.165, 1.54) is 23.3 Å². The molecule has 3 aromatic rings. The van der Waals surface area contributed by atoms with Crippen LogP contribution in [0.25, 0.3) is 0 Å². The van der Waals surface area contributed by atoms with Gasteiger partial charge in [0.05, 0.1) is 0 Å². The molecule has 0 radical (unpaired) electrons. The first kappa shape index (κ1) is 26.5. The Kier molecular flexibility index (Phi) is 11.1. The maximum Gasteiger partial charge on any atom is 0.159 e. The Morgan fingerprint density at radius 2 is 1.00 bits per heavy atom. The van der Waals surface area contributed by atoms with Crippen molar-refractivity contribution >= 4 is 0 Å². The van der Waals surface area contributed by atoms with Crippen LogP contribution in [0.1, 0.15) is 81.5 Å². The lowest BCUT2D eigenvalue weighted by Gasteiger charge is -2.04. The van der Waals surface area contributed by atoms with Gasteiger partial charge in [-0.3, -0.25) is 0 Å². The molecule has 31 heavy (non-hydrogen) atoms. The molecule has 0 aliphatic heterocycles. The summed E-state index contributed by atoms with van der Waals surface area (Å²) in [4.78, 5) is 0. The largest absolute Gasteiger partial charge is 0.207 e. The fourth-order valence-corrected chi connectivity index (χ4v) is 2.77. The summed E-state index contributed by atoms with van der Waals surface area (Å²) in [5, 5.41) is 0. The molecule has 168 valence electrons. The summed E-state index contributed by atoms with van der Waals surface area (Å²) in [6, 6.07) is 19.4. The minimum atomic E-state index is -0.783. The molecule has 0 atom stereocenters. The second kappa shape index (κ2) is 13.0. The summed E-state index contributed by atoms with van der Waals surface area (Å²) in [5.74, 6) is -0.391. The van der Waals surface area contributed by atoms with Crippen LogP contribution in [0.3, 0.4) is 0 Å². The first-order chi connectivity index (χ1) is 14.5. The molecule has 0 aliphatic carbocycles. The first-order valence-electron chi connectivity index (χ1n) is 10.8. The Hall–Kier alpha value is -2.55. The van der Waals surface area contributed by atoms with Crippen LogP contribution in [0.2, 0.25) is 0 Å². The molecule has 0 nitrogen and oxygen atoms in total. The van der Waals surface area contributed by atoms with Gasteiger partial charge in [0.15, 0.2) is 11.6 Å². The van der Waals surface area contributed by atoms with E-state index in [9.17, 15) is 13.2 Å². The summed E-state index contributed by atoms with van der Waals surface area (Å²) >= 11 is 0. The Labute approximate surface area is 186 Å². The Bertz CT molecular complexity index is 878. The van der Waals surface area contributed by atoms with Gasteiger partial charge in [0.25, 0.3) is 0 Å². The quantitative estimate of drug-likeness (QED) is 0.390. The van der Waals surface area contributed by atoms with Crippen LogP contribution in [-0.2, 0) is 0 Å². The standard InChI is InChI=1S/C10H14.C9H10F2.C9H11F/c1-8(2)10-6-4-5-9(3)7-10;1-6(2)7-3-4-8(10)9(11)5-7;1-7(2)8-4-3-5-9(10)6-8/h4-8H,1-3H3;3-6H,1-2H3;3-7H,1-2H3. The predicted octanol–water partition coefficient (Wildman–Crippen LogP) is 9.16. The third kappa shape index (κ3) is 9.87. The zero-order chi connectivity index (χ0) is 23.6. The molecule has 0 fully saturated rings. The highest BCUT2D eigenvalue weighted by atomic mass is 19.2. The van der Waals surface area contributed by atoms with Crippen molar-refractivity contribution in [1.82, 2.24) is 0 Å². The van der Waals surface area contributed by atoms with E-state index in [4.69, 9.17) is 0 Å². The van der Waals surface area contributed by atoms with E-state index in [1.54, 1.807) is 18.2 Å². The van der Waals surface area contributed by atoms with Crippen molar-refractivity contribution in [2.75, 3.05) is 0 Å². The van der Waals surface area contributed by atoms with Gasteiger partial charge >= 0.3 is 0 Å². The average Bonchev–Trinajstić information content (AvgIpc) is 2.71. The molecule has 0 amide bonds. The number of halogens is 3. The SMILES string of the molecule is CC(C)c1ccc(F)c(F)c1.CC(C)c1cccc(F)c1.Cc1cccc(C(C)C)c1. The fraction of sp³-hybridized carbons (Fsp3) is 0.357. The van der Waals surface area contributed by atoms with Gasteiger partial charge in [-0.1, -0.05) is 89.6 Å². The van der Waals surface area contributed by atoms with E-state index in [1.807, 2.05) is 19.9 Å². The molecule has 0 unspecified atom stereocenters. The van der Waals surface area contributed by atoms with E-state index in [0.717, 1.165) is 17.2 Å². The Balaban J connectivity index is 0.000000233. The lowest BCUT2D eigenvalue weighted by Crippen LogP contribution is -1.90. The van der Waals surface area contributed by atoms with E-state index in [-0.39, 0.29) is 11.7 Å². The van der Waals surface area contributed by atoms with Crippen molar-refractivity contribution in [3.63, 3.8) is 0 Å². The fourth-order valence-electron chi connectivity index (χ4n) is 2.77. The number of aryl methyl sites for hydroxylation is 1. The second-order valence-corrected chi connectivity index (χ2v) is 8.61. The molecule has 0 saturated carbocycles. The number of rotatable bonds is 3. The van der Waals surface area contributed by atoms with Crippen LogP contribution in [0.5, 0.6) is 0 Å². The molecular formula is C28H35F3. The maximum atomic E-state index is 12.6. The Morgan fingerprint density at radius 3 is 1.39 bits per heavy atom. The predicted molar refractivity (Wildman–Crippen MR) is 126 cm³/mol. The van der Waals surface area contributed by atoms with Crippen LogP contribution in [0.4, 0.5) is 13.2 Å². The highest BCUT2D eigenvalue weighted by Gasteiger charge is 2.04. The molecule has 0 aliphatic rings. The molecule has 0 spiro atoms. The van der Waals surface area contributed by atoms with Gasteiger partial charge in [-0.25, -0.2) is 13.2 Å². The van der Waals surface area contributed by atoms with Gasteiger partial charge in [0.2, 0.25) is 0 Å². The summed E-state index contributed by atoms with van der Waals surface area (Å²) in [6.45, 7) is 14.5. The van der Waals surface area contributed by atoms with Crippen molar-refractivity contribution in [1.29, 1.82) is 0 Å². The summed E-state index contributed by atoms with van der Waals surface area (Å²) in [5.41, 5.74) is 4.66. The number of benzene rings is 3. The minimum absolute atomic E-state index is 0.147. The number of hydrogen-bond donors (Lipinski definition) is 0. The minimum Gasteiger partial charge on any atom is -0.207 e. The van der Waals surface area contributed by atoms with Gasteiger partial charge < -0.3 is 0 Å². The molecule has 0 bridgehead atoms. The lowest BCUT2D eigenvalue weighted by atomic mass is 10.0. The molecule has 3 aromatic carbocycles. The normalized spacial score (nSPS) is 10.5. The van der Waals surface area contributed by atoms with Crippen LogP contribution in [0.15, 0.2) is 66.7 Å². The van der Waals surface area contributed by atoms with Crippen molar-refractivity contribution in [2.24, 2.45) is 0 Å². The topological polar surface area (TPSA) is 0 Å². The van der Waals surface area contributed by atoms with Crippen LogP contribution < -0.4 is 0 Å². The Morgan fingerprint density at radius 1 is 0.516 bits per heavy atom. The molecule has 0 heterocycles. The smallest absolute Gasteiger partial charge is 0.159 e. The average molecular weight is 429 g/mol. The monoisotopic (exact) mass is 428 g/mol. The van der Waals surface area contributed by atoms with E-state index in [0.29, 0.717) is 11.8 Å². The zero-order valence-electron chi connectivity index (χ0n) is 19.7. The van der Waals surface area contributed by atoms with Gasteiger partial charge in [0, 0.05) is 0 Å². The third-order valence-electron chi connectivity index (χ3n) is 4.83. The third-order valence-corrected chi connectivity index (χ3v) is 4.83. The highest BCUT2D eigenvalue weighted by Crippen LogP contribution is 2.17. The van der Waals surface area contributed by atoms with Gasteiger partial charge in [0.1, 0.15) is 5.82 Å². The first-order valence-corrected chi connectivity index (χ1v) is 10.8.